The Balaban J connectivity index is 3.71. The second-order valence-electron chi connectivity index (χ2n) is 4.72. The molecule has 2 atom stereocenters. The molecule has 116 valence electrons. The molecule has 0 heterocycles. The number of alkyl carbamates (subject to hydrolysis) is 1. The molecule has 2 unspecified atom stereocenters. The predicted molar refractivity (Wildman–Crippen MR) is 73.3 cm³/mol. The molecule has 0 saturated heterocycles. The number of carbonyl (C=O) groups is 3. The first-order valence-electron chi connectivity index (χ1n) is 6.79. The van der Waals surface area contributed by atoms with Gasteiger partial charge in [0.05, 0.1) is 19.1 Å². The maximum absolute atomic E-state index is 11.4. The van der Waals surface area contributed by atoms with Crippen molar-refractivity contribution in [3.8, 4) is 0 Å². The fourth-order valence-corrected chi connectivity index (χ4v) is 1.55. The van der Waals surface area contributed by atoms with Crippen LogP contribution in [0.1, 0.15) is 40.0 Å². The Hall–Kier alpha value is -1.63. The third-order valence-electron chi connectivity index (χ3n) is 2.82. The summed E-state index contributed by atoms with van der Waals surface area (Å²) < 4.78 is 4.58. The van der Waals surface area contributed by atoms with Crippen LogP contribution in [0.2, 0.25) is 0 Å². The van der Waals surface area contributed by atoms with E-state index in [2.05, 4.69) is 15.4 Å². The largest absolute Gasteiger partial charge is 0.481 e. The van der Waals surface area contributed by atoms with Crippen LogP contribution in [0.3, 0.4) is 0 Å². The molecule has 7 nitrogen and oxygen atoms in total. The summed E-state index contributed by atoms with van der Waals surface area (Å²) in [7, 11) is 0. The van der Waals surface area contributed by atoms with E-state index in [1.807, 2.05) is 6.92 Å². The number of hydrogen-bond donors (Lipinski definition) is 3. The molecule has 2 amide bonds. The normalized spacial score (nSPS) is 13.3. The van der Waals surface area contributed by atoms with Gasteiger partial charge in [0.1, 0.15) is 0 Å². The molecule has 0 saturated carbocycles. The number of carboxylic acid groups (broad SMARTS) is 1. The van der Waals surface area contributed by atoms with Crippen LogP contribution in [0.4, 0.5) is 4.79 Å². The van der Waals surface area contributed by atoms with Crippen molar-refractivity contribution in [1.29, 1.82) is 0 Å². The Labute approximate surface area is 119 Å². The molecule has 7 heteroatoms. The number of carbonyl (C=O) groups excluding carboxylic acids is 2. The summed E-state index contributed by atoms with van der Waals surface area (Å²) in [6, 6.07) is 0.0731. The van der Waals surface area contributed by atoms with Gasteiger partial charge in [0.2, 0.25) is 5.91 Å². The molecular formula is C13H24N2O5. The summed E-state index contributed by atoms with van der Waals surface area (Å²) in [5, 5.41) is 13.8. The number of ether oxygens (including phenoxy) is 1. The minimum absolute atomic E-state index is 0.0223. The SMILES string of the molecule is CCOC(=O)NC(=O)CNC(C)CCCC(C)C(=O)O. The molecule has 0 rings (SSSR count). The molecule has 20 heavy (non-hydrogen) atoms. The molecule has 3 N–H and O–H groups in total. The van der Waals surface area contributed by atoms with Gasteiger partial charge in [0.25, 0.3) is 0 Å². The third kappa shape index (κ3) is 9.32. The van der Waals surface area contributed by atoms with Crippen LogP contribution < -0.4 is 10.6 Å². The fourth-order valence-electron chi connectivity index (χ4n) is 1.55. The van der Waals surface area contributed by atoms with Crippen molar-refractivity contribution in [3.63, 3.8) is 0 Å². The second-order valence-corrected chi connectivity index (χ2v) is 4.72. The number of nitrogens with one attached hydrogen (secondary N) is 2. The Morgan fingerprint density at radius 2 is 1.85 bits per heavy atom. The predicted octanol–water partition coefficient (Wildman–Crippen LogP) is 1.13. The molecule has 0 aliphatic carbocycles. The zero-order valence-electron chi connectivity index (χ0n) is 12.3. The van der Waals surface area contributed by atoms with Crippen molar-refractivity contribution < 1.29 is 24.2 Å². The van der Waals surface area contributed by atoms with Gasteiger partial charge in [0.15, 0.2) is 0 Å². The first-order valence-corrected chi connectivity index (χ1v) is 6.79. The fraction of sp³-hybridized carbons (Fsp3) is 0.769. The Morgan fingerprint density at radius 3 is 2.40 bits per heavy atom. The summed E-state index contributed by atoms with van der Waals surface area (Å²) in [4.78, 5) is 33.0. The smallest absolute Gasteiger partial charge is 0.413 e. The summed E-state index contributed by atoms with van der Waals surface area (Å²) >= 11 is 0. The van der Waals surface area contributed by atoms with Crippen LogP contribution in [0.25, 0.3) is 0 Å². The van der Waals surface area contributed by atoms with Crippen molar-refractivity contribution in [3.05, 3.63) is 0 Å². The van der Waals surface area contributed by atoms with Crippen LogP contribution in [0.15, 0.2) is 0 Å². The number of imide groups is 1. The zero-order valence-corrected chi connectivity index (χ0v) is 12.3. The van der Waals surface area contributed by atoms with E-state index in [-0.39, 0.29) is 25.1 Å². The van der Waals surface area contributed by atoms with Crippen LogP contribution in [0, 0.1) is 5.92 Å². The Bertz CT molecular complexity index is 333. The first-order chi connectivity index (χ1) is 9.36. The molecule has 0 spiro atoms. The molecule has 0 aromatic rings. The Morgan fingerprint density at radius 1 is 1.20 bits per heavy atom. The van der Waals surface area contributed by atoms with Crippen molar-refractivity contribution >= 4 is 18.0 Å². The molecular weight excluding hydrogens is 264 g/mol. The van der Waals surface area contributed by atoms with Gasteiger partial charge in [-0.05, 0) is 26.7 Å². The van der Waals surface area contributed by atoms with E-state index in [0.29, 0.717) is 6.42 Å². The lowest BCUT2D eigenvalue weighted by molar-refractivity contribution is -0.141. The van der Waals surface area contributed by atoms with E-state index >= 15 is 0 Å². The van der Waals surface area contributed by atoms with Gasteiger partial charge in [-0.25, -0.2) is 4.79 Å². The quantitative estimate of drug-likeness (QED) is 0.587. The van der Waals surface area contributed by atoms with Gasteiger partial charge in [-0.1, -0.05) is 13.3 Å². The molecule has 0 radical (unpaired) electrons. The van der Waals surface area contributed by atoms with Crippen LogP contribution >= 0.6 is 0 Å². The highest BCUT2D eigenvalue weighted by Gasteiger charge is 2.12. The molecule has 0 aliphatic rings. The van der Waals surface area contributed by atoms with Gasteiger partial charge >= 0.3 is 12.1 Å². The minimum Gasteiger partial charge on any atom is -0.481 e. The van der Waals surface area contributed by atoms with E-state index in [0.717, 1.165) is 12.8 Å². The summed E-state index contributed by atoms with van der Waals surface area (Å²) in [6.07, 6.45) is 1.39. The maximum atomic E-state index is 11.4. The van der Waals surface area contributed by atoms with E-state index in [1.54, 1.807) is 13.8 Å². The standard InChI is InChI=1S/C13H24N2O5/c1-4-20-13(19)15-11(16)8-14-10(3)7-5-6-9(2)12(17)18/h9-10,14H,4-8H2,1-3H3,(H,17,18)(H,15,16,19). The van der Waals surface area contributed by atoms with Gasteiger partial charge in [-0.15, -0.1) is 0 Å². The molecule has 0 aliphatic heterocycles. The van der Waals surface area contributed by atoms with Crippen molar-refractivity contribution in [2.45, 2.75) is 46.1 Å². The van der Waals surface area contributed by atoms with Crippen molar-refractivity contribution in [2.24, 2.45) is 5.92 Å². The number of rotatable bonds is 9. The van der Waals surface area contributed by atoms with Crippen LogP contribution in [0.5, 0.6) is 0 Å². The van der Waals surface area contributed by atoms with Gasteiger partial charge < -0.3 is 15.2 Å². The van der Waals surface area contributed by atoms with Crippen molar-refractivity contribution in [1.82, 2.24) is 10.6 Å². The highest BCUT2D eigenvalue weighted by atomic mass is 16.5. The van der Waals surface area contributed by atoms with E-state index in [9.17, 15) is 14.4 Å². The number of carboxylic acids is 1. The van der Waals surface area contributed by atoms with Crippen LogP contribution in [-0.4, -0.2) is 42.3 Å². The van der Waals surface area contributed by atoms with Crippen LogP contribution in [-0.2, 0) is 14.3 Å². The van der Waals surface area contributed by atoms with E-state index in [1.165, 1.54) is 0 Å². The summed E-state index contributed by atoms with van der Waals surface area (Å²) in [5.74, 6) is -1.59. The molecule has 0 aromatic heterocycles. The number of hydrogen-bond acceptors (Lipinski definition) is 5. The molecule has 0 aromatic carbocycles. The number of aliphatic carboxylic acids is 1. The zero-order chi connectivity index (χ0) is 15.5. The Kier molecular flexibility index (Phi) is 9.36. The lowest BCUT2D eigenvalue weighted by atomic mass is 10.0. The second kappa shape index (κ2) is 10.2. The lowest BCUT2D eigenvalue weighted by Gasteiger charge is -2.14. The molecule has 0 bridgehead atoms. The first kappa shape index (κ1) is 18.4. The molecule has 0 fully saturated rings. The van der Waals surface area contributed by atoms with Gasteiger partial charge in [-0.3, -0.25) is 14.9 Å². The maximum Gasteiger partial charge on any atom is 0.413 e. The number of amides is 2. The highest BCUT2D eigenvalue weighted by molar-refractivity contribution is 5.92. The van der Waals surface area contributed by atoms with E-state index < -0.39 is 18.0 Å². The van der Waals surface area contributed by atoms with Gasteiger partial charge in [0, 0.05) is 6.04 Å². The average molecular weight is 288 g/mol. The lowest BCUT2D eigenvalue weighted by Crippen LogP contribution is -2.40. The minimum atomic E-state index is -0.792. The average Bonchev–Trinajstić information content (AvgIpc) is 2.36. The summed E-state index contributed by atoms with van der Waals surface area (Å²) in [6.45, 7) is 5.47. The van der Waals surface area contributed by atoms with Gasteiger partial charge in [-0.2, -0.15) is 0 Å². The van der Waals surface area contributed by atoms with E-state index in [4.69, 9.17) is 5.11 Å². The summed E-state index contributed by atoms with van der Waals surface area (Å²) in [5.41, 5.74) is 0. The topological polar surface area (TPSA) is 105 Å². The van der Waals surface area contributed by atoms with Crippen molar-refractivity contribution in [2.75, 3.05) is 13.2 Å². The monoisotopic (exact) mass is 288 g/mol. The highest BCUT2D eigenvalue weighted by Crippen LogP contribution is 2.09. The third-order valence-corrected chi connectivity index (χ3v) is 2.82.